The summed E-state index contributed by atoms with van der Waals surface area (Å²) in [5, 5.41) is 0. The van der Waals surface area contributed by atoms with Gasteiger partial charge in [0.2, 0.25) is 5.91 Å². The molecule has 3 N–H and O–H groups in total. The first kappa shape index (κ1) is 21.5. The molecule has 2 saturated heterocycles. The van der Waals surface area contributed by atoms with Crippen molar-refractivity contribution in [3.05, 3.63) is 53.4 Å². The molecule has 2 aromatic rings. The van der Waals surface area contributed by atoms with Crippen LogP contribution in [0, 0.1) is 23.4 Å². The molecule has 4 atom stereocenters. The summed E-state index contributed by atoms with van der Waals surface area (Å²) in [6.45, 7) is 0. The number of rotatable bonds is 7. The number of carbonyl (C=O) groups excluding carboxylic acids is 2. The summed E-state index contributed by atoms with van der Waals surface area (Å²) in [6, 6.07) is 1.09. The zero-order chi connectivity index (χ0) is 22.1. The van der Waals surface area contributed by atoms with Gasteiger partial charge in [0.05, 0.1) is 12.5 Å². The van der Waals surface area contributed by atoms with E-state index in [-0.39, 0.29) is 54.5 Å². The smallest absolute Gasteiger partial charge is 0.223 e. The van der Waals surface area contributed by atoms with Crippen molar-refractivity contribution in [2.45, 2.75) is 63.1 Å². The maximum atomic E-state index is 14.0. The van der Waals surface area contributed by atoms with Crippen molar-refractivity contribution in [3.63, 3.8) is 0 Å². The number of piperidine rings is 1. The number of H-pyrrole nitrogens is 1. The van der Waals surface area contributed by atoms with Crippen LogP contribution in [0.1, 0.15) is 54.6 Å². The summed E-state index contributed by atoms with van der Waals surface area (Å²) in [4.78, 5) is 33.4. The second-order valence-electron chi connectivity index (χ2n) is 8.53. The third-order valence-corrected chi connectivity index (χ3v) is 6.57. The Hall–Kier alpha value is -2.68. The van der Waals surface area contributed by atoms with Crippen molar-refractivity contribution in [2.24, 2.45) is 11.7 Å². The highest BCUT2D eigenvalue weighted by molar-refractivity contribution is 5.96. The molecule has 0 spiro atoms. The predicted molar refractivity (Wildman–Crippen MR) is 107 cm³/mol. The maximum Gasteiger partial charge on any atom is 0.223 e. The fraction of sp³-hybridized carbons (Fsp3) is 0.500. The summed E-state index contributed by atoms with van der Waals surface area (Å²) >= 11 is 0. The minimum absolute atomic E-state index is 0.0411. The SMILES string of the molecule is N[C@H](Cc1cc(F)c(F)cc1F)C1C[C@H]2CC[C@@H](C1)N2C(=O)CCC(=O)c1cnc[nH]1. The van der Waals surface area contributed by atoms with Gasteiger partial charge in [0.15, 0.2) is 17.4 Å². The third kappa shape index (κ3) is 4.51. The van der Waals surface area contributed by atoms with Crippen LogP contribution in [0.15, 0.2) is 24.7 Å². The van der Waals surface area contributed by atoms with Crippen molar-refractivity contribution < 1.29 is 22.8 Å². The fourth-order valence-electron chi connectivity index (χ4n) is 5.01. The molecule has 31 heavy (non-hydrogen) atoms. The first-order valence-electron chi connectivity index (χ1n) is 10.5. The van der Waals surface area contributed by atoms with E-state index in [9.17, 15) is 22.8 Å². The Kier molecular flexibility index (Phi) is 6.13. The number of amides is 1. The highest BCUT2D eigenvalue weighted by atomic mass is 19.2. The predicted octanol–water partition coefficient (Wildman–Crippen LogP) is 3.13. The van der Waals surface area contributed by atoms with Crippen LogP contribution in [0.4, 0.5) is 13.2 Å². The number of hydrogen-bond acceptors (Lipinski definition) is 4. The molecule has 2 aliphatic heterocycles. The van der Waals surface area contributed by atoms with Gasteiger partial charge in [-0.2, -0.15) is 0 Å². The van der Waals surface area contributed by atoms with Gasteiger partial charge in [-0.3, -0.25) is 9.59 Å². The van der Waals surface area contributed by atoms with Crippen LogP contribution < -0.4 is 5.73 Å². The van der Waals surface area contributed by atoms with E-state index in [0.717, 1.165) is 18.9 Å². The average molecular weight is 434 g/mol. The molecule has 6 nitrogen and oxygen atoms in total. The molecule has 166 valence electrons. The number of nitrogens with zero attached hydrogens (tertiary/aromatic N) is 2. The molecule has 1 aromatic heterocycles. The van der Waals surface area contributed by atoms with E-state index in [2.05, 4.69) is 9.97 Å². The number of halogens is 3. The Balaban J connectivity index is 1.35. The van der Waals surface area contributed by atoms with Gasteiger partial charge in [-0.05, 0) is 49.7 Å². The number of nitrogens with two attached hydrogens (primary N) is 1. The largest absolute Gasteiger partial charge is 0.342 e. The monoisotopic (exact) mass is 434 g/mol. The lowest BCUT2D eigenvalue weighted by atomic mass is 9.82. The van der Waals surface area contributed by atoms with Crippen molar-refractivity contribution in [1.29, 1.82) is 0 Å². The van der Waals surface area contributed by atoms with E-state index in [1.807, 2.05) is 4.90 Å². The van der Waals surface area contributed by atoms with Crippen molar-refractivity contribution >= 4 is 11.7 Å². The number of ketones is 1. The lowest BCUT2D eigenvalue weighted by Crippen LogP contribution is -2.50. The summed E-state index contributed by atoms with van der Waals surface area (Å²) < 4.78 is 40.6. The number of aromatic nitrogens is 2. The molecule has 2 bridgehead atoms. The molecular weight excluding hydrogens is 409 g/mol. The van der Waals surface area contributed by atoms with Gasteiger partial charge in [0, 0.05) is 37.0 Å². The van der Waals surface area contributed by atoms with Crippen LogP contribution in [-0.2, 0) is 11.2 Å². The van der Waals surface area contributed by atoms with Crippen LogP contribution in [0.2, 0.25) is 0 Å². The first-order chi connectivity index (χ1) is 14.8. The van der Waals surface area contributed by atoms with E-state index in [4.69, 9.17) is 5.73 Å². The van der Waals surface area contributed by atoms with E-state index in [0.29, 0.717) is 24.6 Å². The number of benzene rings is 1. The Morgan fingerprint density at radius 2 is 1.77 bits per heavy atom. The number of nitrogens with one attached hydrogen (secondary N) is 1. The molecule has 3 heterocycles. The number of aromatic amines is 1. The van der Waals surface area contributed by atoms with Gasteiger partial charge in [-0.15, -0.1) is 0 Å². The molecule has 1 amide bonds. The lowest BCUT2D eigenvalue weighted by Gasteiger charge is -2.41. The van der Waals surface area contributed by atoms with E-state index in [1.165, 1.54) is 12.5 Å². The molecule has 2 fully saturated rings. The van der Waals surface area contributed by atoms with Crippen molar-refractivity contribution in [3.8, 4) is 0 Å². The second kappa shape index (κ2) is 8.82. The molecule has 9 heteroatoms. The zero-order valence-corrected chi connectivity index (χ0v) is 17.0. The van der Waals surface area contributed by atoms with Gasteiger partial charge in [-0.25, -0.2) is 18.2 Å². The van der Waals surface area contributed by atoms with Gasteiger partial charge in [0.25, 0.3) is 0 Å². The summed E-state index contributed by atoms with van der Waals surface area (Å²) in [6.07, 6.45) is 6.35. The molecule has 1 aromatic carbocycles. The zero-order valence-electron chi connectivity index (χ0n) is 17.0. The minimum Gasteiger partial charge on any atom is -0.342 e. The Bertz CT molecular complexity index is 952. The van der Waals surface area contributed by atoms with E-state index >= 15 is 0 Å². The number of hydrogen-bond donors (Lipinski definition) is 2. The average Bonchev–Trinajstić information content (AvgIpc) is 3.36. The van der Waals surface area contributed by atoms with Crippen LogP contribution in [-0.4, -0.2) is 44.7 Å². The lowest BCUT2D eigenvalue weighted by molar-refractivity contribution is -0.136. The van der Waals surface area contributed by atoms with Crippen LogP contribution in [0.5, 0.6) is 0 Å². The number of Topliss-reactive ketones (excluding diaryl/α,β-unsaturated/α-hetero) is 1. The number of carbonyl (C=O) groups is 2. The Morgan fingerprint density at radius 3 is 2.42 bits per heavy atom. The molecule has 4 rings (SSSR count). The quantitative estimate of drug-likeness (QED) is 0.517. The highest BCUT2D eigenvalue weighted by Gasteiger charge is 2.44. The number of fused-ring (bicyclic) bond motifs is 2. The minimum atomic E-state index is -1.22. The van der Waals surface area contributed by atoms with Crippen LogP contribution in [0.25, 0.3) is 0 Å². The topological polar surface area (TPSA) is 92.1 Å². The van der Waals surface area contributed by atoms with E-state index in [1.54, 1.807) is 0 Å². The van der Waals surface area contributed by atoms with Gasteiger partial charge in [0.1, 0.15) is 11.5 Å². The highest BCUT2D eigenvalue weighted by Crippen LogP contribution is 2.40. The molecule has 1 unspecified atom stereocenters. The number of imidazole rings is 1. The first-order valence-corrected chi connectivity index (χ1v) is 10.5. The molecular formula is C22H25F3N4O2. The molecule has 0 aliphatic carbocycles. The van der Waals surface area contributed by atoms with E-state index < -0.39 is 23.5 Å². The van der Waals surface area contributed by atoms with Crippen LogP contribution in [0.3, 0.4) is 0 Å². The summed E-state index contributed by atoms with van der Waals surface area (Å²) in [5.41, 5.74) is 6.78. The van der Waals surface area contributed by atoms with Crippen molar-refractivity contribution in [1.82, 2.24) is 14.9 Å². The van der Waals surface area contributed by atoms with Gasteiger partial charge >= 0.3 is 0 Å². The van der Waals surface area contributed by atoms with Crippen LogP contribution >= 0.6 is 0 Å². The Morgan fingerprint density at radius 1 is 1.10 bits per heavy atom. The molecule has 2 aliphatic rings. The summed E-state index contributed by atoms with van der Waals surface area (Å²) in [7, 11) is 0. The van der Waals surface area contributed by atoms with Gasteiger partial charge in [-0.1, -0.05) is 0 Å². The van der Waals surface area contributed by atoms with Crippen molar-refractivity contribution in [2.75, 3.05) is 0 Å². The Labute approximate surface area is 178 Å². The third-order valence-electron chi connectivity index (χ3n) is 6.57. The normalized spacial score (nSPS) is 23.7. The summed E-state index contributed by atoms with van der Waals surface area (Å²) in [5.74, 6) is -3.24. The fourth-order valence-corrected chi connectivity index (χ4v) is 5.01. The molecule has 0 saturated carbocycles. The standard InChI is InChI=1S/C22H25F3N4O2/c23-16-9-18(25)17(24)7-12(16)8-19(26)13-5-14-1-2-15(6-13)29(14)22(31)4-3-21(30)20-10-27-11-28-20/h7,9-11,13-15,19H,1-6,8,26H2,(H,27,28)/t13?,14-,15+,19-/m1/s1. The van der Waals surface area contributed by atoms with Gasteiger partial charge < -0.3 is 15.6 Å². The second-order valence-corrected chi connectivity index (χ2v) is 8.53. The molecule has 0 radical (unpaired) electrons. The maximum absolute atomic E-state index is 14.0.